The maximum absolute atomic E-state index is 12.1. The molecule has 206 valence electrons. The molecule has 0 saturated carbocycles. The molecule has 2 aromatic carbocycles. The minimum atomic E-state index is -0.0104. The average molecular weight is 526 g/mol. The number of aromatic nitrogens is 1. The van der Waals surface area contributed by atoms with Gasteiger partial charge in [-0.1, -0.05) is 62.4 Å². The van der Waals surface area contributed by atoms with E-state index in [2.05, 4.69) is 69.8 Å². The number of carbonyl (C=O) groups excluding carboxylic acids is 1. The smallest absolute Gasteiger partial charge is 0.226 e. The summed E-state index contributed by atoms with van der Waals surface area (Å²) in [6, 6.07) is 19.2. The molecule has 0 radical (unpaired) electrons. The number of carbonyl (C=O) groups is 1. The predicted octanol–water partition coefficient (Wildman–Crippen LogP) is 5.81. The number of hydrogen-bond acceptors (Lipinski definition) is 3. The number of benzene rings is 2. The van der Waals surface area contributed by atoms with E-state index in [4.69, 9.17) is 4.74 Å². The fourth-order valence-electron chi connectivity index (χ4n) is 6.07. The summed E-state index contributed by atoms with van der Waals surface area (Å²) in [5, 5.41) is 5.58. The quantitative estimate of drug-likeness (QED) is 0.329. The van der Waals surface area contributed by atoms with Crippen molar-refractivity contribution in [1.82, 2.24) is 9.88 Å². The third-order valence-electron chi connectivity index (χ3n) is 8.34. The van der Waals surface area contributed by atoms with Crippen LogP contribution in [0.25, 0.3) is 23.1 Å². The zero-order valence-corrected chi connectivity index (χ0v) is 23.8. The first-order valence-electron chi connectivity index (χ1n) is 14.7. The number of fused-ring (bicyclic) bond motifs is 1. The Morgan fingerprint density at radius 1 is 1.08 bits per heavy atom. The van der Waals surface area contributed by atoms with Crippen molar-refractivity contribution >= 4 is 23.4 Å². The van der Waals surface area contributed by atoms with Crippen LogP contribution < -0.4 is 15.9 Å². The molecule has 1 fully saturated rings. The van der Waals surface area contributed by atoms with E-state index < -0.39 is 0 Å². The number of unbranched alkanes of at least 4 members (excludes halogenated alkanes) is 1. The molecule has 2 N–H and O–H groups in total. The van der Waals surface area contributed by atoms with Crippen molar-refractivity contribution in [2.24, 2.45) is 5.92 Å². The van der Waals surface area contributed by atoms with Gasteiger partial charge in [0.2, 0.25) is 5.91 Å². The number of amides is 1. The van der Waals surface area contributed by atoms with Gasteiger partial charge in [0.25, 0.3) is 0 Å². The molecule has 3 aromatic rings. The van der Waals surface area contributed by atoms with Crippen molar-refractivity contribution in [1.29, 1.82) is 0 Å². The third kappa shape index (κ3) is 6.47. The van der Waals surface area contributed by atoms with Crippen molar-refractivity contribution in [3.63, 3.8) is 0 Å². The second-order valence-corrected chi connectivity index (χ2v) is 11.3. The van der Waals surface area contributed by atoms with Gasteiger partial charge >= 0.3 is 0 Å². The Morgan fingerprint density at radius 3 is 2.62 bits per heavy atom. The van der Waals surface area contributed by atoms with Crippen LogP contribution in [0.5, 0.6) is 0 Å². The molecule has 2 aliphatic rings. The van der Waals surface area contributed by atoms with Gasteiger partial charge in [-0.2, -0.15) is 0 Å². The molecule has 1 saturated heterocycles. The Morgan fingerprint density at radius 2 is 1.87 bits per heavy atom. The number of H-pyrrole nitrogens is 1. The highest BCUT2D eigenvalue weighted by Crippen LogP contribution is 2.30. The number of nitrogens with one attached hydrogen (secondary N) is 2. The zero-order valence-electron chi connectivity index (χ0n) is 23.8. The lowest BCUT2D eigenvalue weighted by Crippen LogP contribution is -2.34. The first-order chi connectivity index (χ1) is 19.0. The normalized spacial score (nSPS) is 16.2. The molecule has 5 rings (SSSR count). The molecule has 1 amide bonds. The van der Waals surface area contributed by atoms with Gasteiger partial charge in [-0.3, -0.25) is 4.79 Å². The van der Waals surface area contributed by atoms with Crippen LogP contribution >= 0.6 is 0 Å². The fraction of sp³-hybridized carbons (Fsp3) is 0.441. The summed E-state index contributed by atoms with van der Waals surface area (Å²) < 4.78 is 5.74. The predicted molar refractivity (Wildman–Crippen MR) is 161 cm³/mol. The summed E-state index contributed by atoms with van der Waals surface area (Å²) >= 11 is 0. The lowest BCUT2D eigenvalue weighted by atomic mass is 9.89. The van der Waals surface area contributed by atoms with Crippen LogP contribution in [0.2, 0.25) is 0 Å². The number of rotatable bonds is 10. The molecular formula is C34H43N3O2. The number of ether oxygens (including phenoxy) is 1. The molecule has 0 spiro atoms. The van der Waals surface area contributed by atoms with Crippen molar-refractivity contribution in [3.8, 4) is 11.3 Å². The lowest BCUT2D eigenvalue weighted by molar-refractivity contribution is -0.118. The number of aromatic amines is 1. The van der Waals surface area contributed by atoms with Gasteiger partial charge in [-0.25, -0.2) is 0 Å². The highest BCUT2D eigenvalue weighted by molar-refractivity contribution is 5.92. The van der Waals surface area contributed by atoms with Crippen molar-refractivity contribution in [3.05, 3.63) is 76.3 Å². The van der Waals surface area contributed by atoms with E-state index in [1.807, 2.05) is 19.9 Å². The molecule has 0 bridgehead atoms. The Hall–Kier alpha value is -3.31. The minimum absolute atomic E-state index is 0.0104. The van der Waals surface area contributed by atoms with Crippen molar-refractivity contribution < 1.29 is 9.53 Å². The largest absolute Gasteiger partial charge is 0.499 e. The standard InChI is InChI=1S/C34H43N3O2/c1-24(2)34(38)35-28-14-9-13-27(23-28)25-18-21-37(22-19-25)20-8-7-15-29-30-16-10-17-31(39-3)33(30)36-32(29)26-11-5-4-6-12-26/h4-6,9,11-14,16,23-25,36H,7-8,10,15,17-22H2,1-3H3,(H,35,38). The monoisotopic (exact) mass is 525 g/mol. The van der Waals surface area contributed by atoms with Crippen molar-refractivity contribution in [2.75, 3.05) is 32.1 Å². The maximum Gasteiger partial charge on any atom is 0.226 e. The summed E-state index contributed by atoms with van der Waals surface area (Å²) in [7, 11) is 1.79. The fourth-order valence-corrected chi connectivity index (χ4v) is 6.07. The summed E-state index contributed by atoms with van der Waals surface area (Å²) in [5.74, 6) is 1.71. The number of anilines is 1. The topological polar surface area (TPSA) is 57.4 Å². The van der Waals surface area contributed by atoms with E-state index in [1.54, 1.807) is 7.11 Å². The van der Waals surface area contributed by atoms with Gasteiger partial charge in [-0.15, -0.1) is 0 Å². The van der Waals surface area contributed by atoms with Crippen LogP contribution in [0.4, 0.5) is 5.69 Å². The van der Waals surface area contributed by atoms with Crippen LogP contribution in [0, 0.1) is 5.92 Å². The molecule has 5 heteroatoms. The van der Waals surface area contributed by atoms with E-state index in [0.29, 0.717) is 5.92 Å². The van der Waals surface area contributed by atoms with Crippen LogP contribution in [0.3, 0.4) is 0 Å². The molecule has 39 heavy (non-hydrogen) atoms. The Balaban J connectivity index is 1.16. The highest BCUT2D eigenvalue weighted by atomic mass is 16.5. The highest BCUT2D eigenvalue weighted by Gasteiger charge is 2.21. The molecule has 1 aliphatic carbocycles. The summed E-state index contributed by atoms with van der Waals surface area (Å²) in [5.41, 5.74) is 6.21. The zero-order chi connectivity index (χ0) is 27.2. The number of methoxy groups -OCH3 is 1. The van der Waals surface area contributed by atoms with Gasteiger partial charge in [-0.05, 0) is 92.9 Å². The SMILES string of the molecule is COC1=c2[nH]c(-c3ccccc3)c(CCCCN3CCC(c4cccc(NC(=O)C(C)C)c4)CC3)c2=CCC1. The number of nitrogens with zero attached hydrogens (tertiary/aromatic N) is 1. The van der Waals surface area contributed by atoms with Crippen molar-refractivity contribution in [2.45, 2.75) is 64.7 Å². The van der Waals surface area contributed by atoms with Gasteiger partial charge in [0, 0.05) is 28.9 Å². The Kier molecular flexibility index (Phi) is 8.88. The molecule has 5 nitrogen and oxygen atoms in total. The number of likely N-dealkylation sites (tertiary alicyclic amines) is 1. The van der Waals surface area contributed by atoms with Gasteiger partial charge < -0.3 is 19.9 Å². The lowest BCUT2D eigenvalue weighted by Gasteiger charge is -2.32. The third-order valence-corrected chi connectivity index (χ3v) is 8.34. The number of piperidine rings is 1. The van der Waals surface area contributed by atoms with E-state index in [0.717, 1.165) is 50.3 Å². The maximum atomic E-state index is 12.1. The number of hydrogen-bond donors (Lipinski definition) is 2. The summed E-state index contributed by atoms with van der Waals surface area (Å²) in [6.45, 7) is 7.29. The van der Waals surface area contributed by atoms with Crippen LogP contribution in [0.1, 0.15) is 69.4 Å². The molecular weight excluding hydrogens is 482 g/mol. The van der Waals surface area contributed by atoms with Crippen LogP contribution in [-0.2, 0) is 16.0 Å². The minimum Gasteiger partial charge on any atom is -0.499 e. The first-order valence-corrected chi connectivity index (χ1v) is 14.7. The molecule has 1 aromatic heterocycles. The first kappa shape index (κ1) is 27.3. The van der Waals surface area contributed by atoms with Crippen LogP contribution in [-0.4, -0.2) is 42.5 Å². The average Bonchev–Trinajstić information content (AvgIpc) is 3.35. The second kappa shape index (κ2) is 12.7. The summed E-state index contributed by atoms with van der Waals surface area (Å²) in [6.07, 6.45) is 10.2. The summed E-state index contributed by atoms with van der Waals surface area (Å²) in [4.78, 5) is 18.5. The Labute approximate surface area is 233 Å². The van der Waals surface area contributed by atoms with Crippen LogP contribution in [0.15, 0.2) is 54.6 Å². The van der Waals surface area contributed by atoms with E-state index in [9.17, 15) is 4.79 Å². The van der Waals surface area contributed by atoms with E-state index in [1.165, 1.54) is 58.6 Å². The van der Waals surface area contributed by atoms with Gasteiger partial charge in [0.15, 0.2) is 0 Å². The Bertz CT molecular complexity index is 1380. The second-order valence-electron chi connectivity index (χ2n) is 11.3. The van der Waals surface area contributed by atoms with E-state index in [-0.39, 0.29) is 11.8 Å². The van der Waals surface area contributed by atoms with Gasteiger partial charge in [0.1, 0.15) is 5.76 Å². The molecule has 1 aliphatic heterocycles. The molecule has 2 heterocycles. The van der Waals surface area contributed by atoms with Gasteiger partial charge in [0.05, 0.1) is 12.5 Å². The molecule has 0 atom stereocenters. The van der Waals surface area contributed by atoms with E-state index >= 15 is 0 Å². The molecule has 0 unspecified atom stereocenters.